The van der Waals surface area contributed by atoms with Gasteiger partial charge in [0.25, 0.3) is 5.91 Å². The minimum atomic E-state index is -0.0227. The van der Waals surface area contributed by atoms with E-state index < -0.39 is 0 Å². The number of carbonyl (C=O) groups excluding carboxylic acids is 2. The summed E-state index contributed by atoms with van der Waals surface area (Å²) in [5, 5.41) is 3.50. The van der Waals surface area contributed by atoms with E-state index in [0.717, 1.165) is 25.1 Å². The lowest BCUT2D eigenvalue weighted by atomic mass is 9.95. The standard InChI is InChI=1S/C17H24ClN3O2/c1-12(22)20(3)11-13-6-8-21(9-7-13)17(23)15-10-14(19-2)4-5-16(15)18/h4-5,10,13,19H,6-9,11H2,1-3H3. The highest BCUT2D eigenvalue weighted by Gasteiger charge is 2.26. The molecule has 126 valence electrons. The summed E-state index contributed by atoms with van der Waals surface area (Å²) < 4.78 is 0. The molecular formula is C17H24ClN3O2. The Balaban J connectivity index is 1.97. The van der Waals surface area contributed by atoms with Crippen LogP contribution in [0.1, 0.15) is 30.1 Å². The van der Waals surface area contributed by atoms with Crippen molar-refractivity contribution < 1.29 is 9.59 Å². The van der Waals surface area contributed by atoms with Crippen molar-refractivity contribution in [1.29, 1.82) is 0 Å². The first-order valence-electron chi connectivity index (χ1n) is 7.90. The second kappa shape index (κ2) is 7.68. The van der Waals surface area contributed by atoms with E-state index in [-0.39, 0.29) is 11.8 Å². The number of piperidine rings is 1. The largest absolute Gasteiger partial charge is 0.388 e. The Labute approximate surface area is 142 Å². The second-order valence-electron chi connectivity index (χ2n) is 6.08. The van der Waals surface area contributed by atoms with Gasteiger partial charge in [-0.3, -0.25) is 9.59 Å². The molecule has 6 heteroatoms. The van der Waals surface area contributed by atoms with E-state index in [9.17, 15) is 9.59 Å². The highest BCUT2D eigenvalue weighted by Crippen LogP contribution is 2.25. The lowest BCUT2D eigenvalue weighted by Crippen LogP contribution is -2.41. The first-order chi connectivity index (χ1) is 10.9. The number of amides is 2. The van der Waals surface area contributed by atoms with Crippen LogP contribution in [0.25, 0.3) is 0 Å². The smallest absolute Gasteiger partial charge is 0.255 e. The highest BCUT2D eigenvalue weighted by molar-refractivity contribution is 6.34. The highest BCUT2D eigenvalue weighted by atomic mass is 35.5. The number of hydrogen-bond acceptors (Lipinski definition) is 3. The van der Waals surface area contributed by atoms with Gasteiger partial charge in [-0.1, -0.05) is 11.6 Å². The maximum absolute atomic E-state index is 12.7. The second-order valence-corrected chi connectivity index (χ2v) is 6.49. The lowest BCUT2D eigenvalue weighted by molar-refractivity contribution is -0.128. The van der Waals surface area contributed by atoms with Gasteiger partial charge >= 0.3 is 0 Å². The Morgan fingerprint density at radius 1 is 1.35 bits per heavy atom. The minimum Gasteiger partial charge on any atom is -0.388 e. The number of hydrogen-bond donors (Lipinski definition) is 1. The van der Waals surface area contributed by atoms with Gasteiger partial charge in [0.15, 0.2) is 0 Å². The molecule has 0 radical (unpaired) electrons. The molecule has 1 saturated heterocycles. The van der Waals surface area contributed by atoms with E-state index in [1.165, 1.54) is 0 Å². The SMILES string of the molecule is CNc1ccc(Cl)c(C(=O)N2CCC(CN(C)C(C)=O)CC2)c1. The van der Waals surface area contributed by atoms with Crippen molar-refractivity contribution in [2.24, 2.45) is 5.92 Å². The molecule has 23 heavy (non-hydrogen) atoms. The summed E-state index contributed by atoms with van der Waals surface area (Å²) >= 11 is 6.18. The number of nitrogens with one attached hydrogen (secondary N) is 1. The van der Waals surface area contributed by atoms with Crippen molar-refractivity contribution in [3.05, 3.63) is 28.8 Å². The van der Waals surface area contributed by atoms with Gasteiger partial charge in [-0.05, 0) is 37.0 Å². The summed E-state index contributed by atoms with van der Waals surface area (Å²) in [4.78, 5) is 27.6. The third kappa shape index (κ3) is 4.38. The van der Waals surface area contributed by atoms with Gasteiger partial charge in [0.05, 0.1) is 10.6 Å². The molecule has 1 aliphatic heterocycles. The van der Waals surface area contributed by atoms with Gasteiger partial charge in [0, 0.05) is 46.3 Å². The monoisotopic (exact) mass is 337 g/mol. The summed E-state index contributed by atoms with van der Waals surface area (Å²) in [6.07, 6.45) is 1.82. The fraction of sp³-hybridized carbons (Fsp3) is 0.529. The van der Waals surface area contributed by atoms with Gasteiger partial charge in [0.1, 0.15) is 0 Å². The molecule has 0 atom stereocenters. The quantitative estimate of drug-likeness (QED) is 0.919. The van der Waals surface area contributed by atoms with E-state index in [1.807, 2.05) is 25.1 Å². The first-order valence-corrected chi connectivity index (χ1v) is 8.28. The Bertz CT molecular complexity index is 583. The van der Waals surface area contributed by atoms with Gasteiger partial charge in [-0.25, -0.2) is 0 Å². The zero-order chi connectivity index (χ0) is 17.0. The number of carbonyl (C=O) groups is 2. The normalized spacial score (nSPS) is 15.4. The molecule has 1 aromatic rings. The van der Waals surface area contributed by atoms with Crippen LogP contribution in [0.3, 0.4) is 0 Å². The maximum atomic E-state index is 12.7. The summed E-state index contributed by atoms with van der Waals surface area (Å²) in [5.41, 5.74) is 1.41. The molecule has 1 aliphatic rings. The van der Waals surface area contributed by atoms with Crippen LogP contribution in [-0.2, 0) is 4.79 Å². The summed E-state index contributed by atoms with van der Waals surface area (Å²) in [7, 11) is 3.64. The molecule has 2 amide bonds. The third-order valence-corrected chi connectivity index (χ3v) is 4.79. The Hall–Kier alpha value is -1.75. The molecule has 0 bridgehead atoms. The lowest BCUT2D eigenvalue weighted by Gasteiger charge is -2.34. The van der Waals surface area contributed by atoms with Crippen molar-refractivity contribution in [1.82, 2.24) is 9.80 Å². The van der Waals surface area contributed by atoms with Crippen molar-refractivity contribution in [3.8, 4) is 0 Å². The van der Waals surface area contributed by atoms with Crippen LogP contribution in [0, 0.1) is 5.92 Å². The minimum absolute atomic E-state index is 0.0227. The van der Waals surface area contributed by atoms with Crippen molar-refractivity contribution in [3.63, 3.8) is 0 Å². The zero-order valence-electron chi connectivity index (χ0n) is 13.9. The van der Waals surface area contributed by atoms with Crippen LogP contribution in [-0.4, -0.2) is 55.3 Å². The molecule has 0 saturated carbocycles. The molecule has 1 heterocycles. The Morgan fingerprint density at radius 2 is 2.00 bits per heavy atom. The topological polar surface area (TPSA) is 52.7 Å². The van der Waals surface area contributed by atoms with E-state index in [4.69, 9.17) is 11.6 Å². The molecule has 2 rings (SSSR count). The predicted octanol–water partition coefficient (Wildman–Crippen LogP) is 2.71. The number of nitrogens with zero attached hydrogens (tertiary/aromatic N) is 2. The van der Waals surface area contributed by atoms with Crippen molar-refractivity contribution in [2.75, 3.05) is 39.0 Å². The first kappa shape index (κ1) is 17.6. The van der Waals surface area contributed by atoms with Crippen molar-refractivity contribution >= 4 is 29.1 Å². The Morgan fingerprint density at radius 3 is 2.57 bits per heavy atom. The van der Waals surface area contributed by atoms with Crippen LogP contribution in [0.5, 0.6) is 0 Å². The van der Waals surface area contributed by atoms with Crippen LogP contribution in [0.2, 0.25) is 5.02 Å². The number of rotatable bonds is 4. The third-order valence-electron chi connectivity index (χ3n) is 4.46. The van der Waals surface area contributed by atoms with Gasteiger partial charge in [-0.15, -0.1) is 0 Å². The molecule has 0 aromatic heterocycles. The number of likely N-dealkylation sites (tertiary alicyclic amines) is 1. The average molecular weight is 338 g/mol. The van der Waals surface area contributed by atoms with Crippen LogP contribution < -0.4 is 5.32 Å². The van der Waals surface area contributed by atoms with E-state index >= 15 is 0 Å². The van der Waals surface area contributed by atoms with Crippen LogP contribution >= 0.6 is 11.6 Å². The molecule has 1 aromatic carbocycles. The molecule has 0 spiro atoms. The molecule has 1 N–H and O–H groups in total. The summed E-state index contributed by atoms with van der Waals surface area (Å²) in [5.74, 6) is 0.511. The molecular weight excluding hydrogens is 314 g/mol. The molecule has 1 fully saturated rings. The van der Waals surface area contributed by atoms with Crippen molar-refractivity contribution in [2.45, 2.75) is 19.8 Å². The molecule has 0 aliphatic carbocycles. The number of benzene rings is 1. The maximum Gasteiger partial charge on any atom is 0.255 e. The fourth-order valence-corrected chi connectivity index (χ4v) is 3.05. The number of anilines is 1. The van der Waals surface area contributed by atoms with Gasteiger partial charge in [0.2, 0.25) is 5.91 Å². The summed E-state index contributed by atoms with van der Waals surface area (Å²) in [6, 6.07) is 5.39. The van der Waals surface area contributed by atoms with E-state index in [0.29, 0.717) is 29.6 Å². The molecule has 0 unspecified atom stereocenters. The summed E-state index contributed by atoms with van der Waals surface area (Å²) in [6.45, 7) is 3.74. The van der Waals surface area contributed by atoms with Gasteiger partial charge in [-0.2, -0.15) is 0 Å². The predicted molar refractivity (Wildman–Crippen MR) is 92.9 cm³/mol. The van der Waals surface area contributed by atoms with Gasteiger partial charge < -0.3 is 15.1 Å². The average Bonchev–Trinajstić information content (AvgIpc) is 2.55. The van der Waals surface area contributed by atoms with E-state index in [2.05, 4.69) is 5.32 Å². The zero-order valence-corrected chi connectivity index (χ0v) is 14.7. The number of halogens is 1. The van der Waals surface area contributed by atoms with Crippen LogP contribution in [0.15, 0.2) is 18.2 Å². The van der Waals surface area contributed by atoms with Crippen LogP contribution in [0.4, 0.5) is 5.69 Å². The molecule has 5 nitrogen and oxygen atoms in total. The fourth-order valence-electron chi connectivity index (χ4n) is 2.85. The Kier molecular flexibility index (Phi) is 5.88. The van der Waals surface area contributed by atoms with E-state index in [1.54, 1.807) is 24.0 Å².